The minimum absolute atomic E-state index is 0.777. The van der Waals surface area contributed by atoms with Gasteiger partial charge in [0, 0.05) is 6.54 Å². The minimum Gasteiger partial charge on any atom is -0.496 e. The Balaban J connectivity index is 2.00. The van der Waals surface area contributed by atoms with Crippen molar-refractivity contribution in [3.05, 3.63) is 53.6 Å². The molecule has 0 saturated carbocycles. The fourth-order valence-corrected chi connectivity index (χ4v) is 2.09. The highest BCUT2D eigenvalue weighted by molar-refractivity contribution is 5.65. The number of anilines is 2. The molecule has 0 heterocycles. The van der Waals surface area contributed by atoms with Gasteiger partial charge in [-0.3, -0.25) is 0 Å². The van der Waals surface area contributed by atoms with Gasteiger partial charge in [0.05, 0.1) is 18.5 Å². The zero-order valence-corrected chi connectivity index (χ0v) is 11.4. The fraction of sp³-hybridized carbons (Fsp3) is 0.250. The van der Waals surface area contributed by atoms with Gasteiger partial charge in [0.2, 0.25) is 0 Å². The molecule has 3 nitrogen and oxygen atoms in total. The third-order valence-electron chi connectivity index (χ3n) is 3.11. The molecule has 19 heavy (non-hydrogen) atoms. The van der Waals surface area contributed by atoms with Gasteiger partial charge in [0.25, 0.3) is 0 Å². The van der Waals surface area contributed by atoms with Crippen molar-refractivity contribution in [1.29, 1.82) is 0 Å². The zero-order chi connectivity index (χ0) is 13.7. The maximum Gasteiger partial charge on any atom is 0.122 e. The van der Waals surface area contributed by atoms with Gasteiger partial charge in [-0.2, -0.15) is 0 Å². The molecule has 0 aromatic heterocycles. The summed E-state index contributed by atoms with van der Waals surface area (Å²) in [5.74, 6) is 0.938. The number of nitrogens with one attached hydrogen (secondary N) is 1. The predicted molar refractivity (Wildman–Crippen MR) is 80.8 cm³/mol. The van der Waals surface area contributed by atoms with Crippen LogP contribution in [0.4, 0.5) is 11.4 Å². The van der Waals surface area contributed by atoms with Crippen molar-refractivity contribution in [3.8, 4) is 5.75 Å². The summed E-state index contributed by atoms with van der Waals surface area (Å²) < 4.78 is 5.37. The first kappa shape index (κ1) is 13.3. The molecule has 0 aliphatic rings. The van der Waals surface area contributed by atoms with Crippen molar-refractivity contribution in [3.63, 3.8) is 0 Å². The van der Waals surface area contributed by atoms with Crippen LogP contribution < -0.4 is 15.8 Å². The Morgan fingerprint density at radius 3 is 2.68 bits per heavy atom. The van der Waals surface area contributed by atoms with Crippen LogP contribution in [-0.2, 0) is 6.42 Å². The Hall–Kier alpha value is -2.16. The molecule has 0 fully saturated rings. The van der Waals surface area contributed by atoms with E-state index in [1.54, 1.807) is 7.11 Å². The third kappa shape index (κ3) is 3.41. The molecule has 0 spiro atoms. The van der Waals surface area contributed by atoms with Gasteiger partial charge in [0.1, 0.15) is 5.75 Å². The van der Waals surface area contributed by atoms with E-state index in [9.17, 15) is 0 Å². The molecule has 0 aliphatic carbocycles. The number of hydrogen-bond acceptors (Lipinski definition) is 3. The normalized spacial score (nSPS) is 10.2. The Morgan fingerprint density at radius 1 is 1.16 bits per heavy atom. The number of rotatable bonds is 5. The van der Waals surface area contributed by atoms with Crippen LogP contribution in [0.1, 0.15) is 11.1 Å². The Bertz CT molecular complexity index is 552. The van der Waals surface area contributed by atoms with Crippen LogP contribution >= 0.6 is 0 Å². The number of ether oxygens (including phenoxy) is 1. The van der Waals surface area contributed by atoms with E-state index < -0.39 is 0 Å². The van der Waals surface area contributed by atoms with E-state index >= 15 is 0 Å². The summed E-state index contributed by atoms with van der Waals surface area (Å²) in [6, 6.07) is 14.0. The van der Waals surface area contributed by atoms with Gasteiger partial charge in [-0.05, 0) is 37.1 Å². The second-order valence-electron chi connectivity index (χ2n) is 4.58. The van der Waals surface area contributed by atoms with Gasteiger partial charge in [-0.25, -0.2) is 0 Å². The second-order valence-corrected chi connectivity index (χ2v) is 4.58. The molecule has 0 saturated heterocycles. The number of nitrogens with two attached hydrogens (primary N) is 1. The molecule has 100 valence electrons. The summed E-state index contributed by atoms with van der Waals surface area (Å²) in [7, 11) is 1.71. The van der Waals surface area contributed by atoms with E-state index in [0.717, 1.165) is 30.1 Å². The molecule has 0 unspecified atom stereocenters. The second kappa shape index (κ2) is 6.14. The number of hydrogen-bond donors (Lipinski definition) is 2. The van der Waals surface area contributed by atoms with E-state index in [1.807, 2.05) is 30.3 Å². The zero-order valence-electron chi connectivity index (χ0n) is 11.4. The maximum absolute atomic E-state index is 5.89. The third-order valence-corrected chi connectivity index (χ3v) is 3.11. The molecule has 2 aromatic carbocycles. The number of benzene rings is 2. The number of para-hydroxylation sites is 2. The molecular weight excluding hydrogens is 236 g/mol. The lowest BCUT2D eigenvalue weighted by Gasteiger charge is -2.12. The van der Waals surface area contributed by atoms with Crippen molar-refractivity contribution in [1.82, 2.24) is 0 Å². The first-order chi connectivity index (χ1) is 9.20. The van der Waals surface area contributed by atoms with Crippen LogP contribution in [0.25, 0.3) is 0 Å². The molecule has 3 heteroatoms. The first-order valence-corrected chi connectivity index (χ1v) is 6.42. The lowest BCUT2D eigenvalue weighted by Crippen LogP contribution is -2.07. The highest BCUT2D eigenvalue weighted by Gasteiger charge is 2.03. The summed E-state index contributed by atoms with van der Waals surface area (Å²) in [6.45, 7) is 2.92. The van der Waals surface area contributed by atoms with Crippen LogP contribution in [0.5, 0.6) is 5.75 Å². The van der Waals surface area contributed by atoms with Crippen LogP contribution in [0.3, 0.4) is 0 Å². The van der Waals surface area contributed by atoms with Crippen LogP contribution in [0.15, 0.2) is 42.5 Å². The van der Waals surface area contributed by atoms with Gasteiger partial charge in [0.15, 0.2) is 0 Å². The minimum atomic E-state index is 0.777. The lowest BCUT2D eigenvalue weighted by molar-refractivity contribution is 0.410. The highest BCUT2D eigenvalue weighted by atomic mass is 16.5. The molecule has 0 amide bonds. The van der Waals surface area contributed by atoms with Crippen molar-refractivity contribution in [2.45, 2.75) is 13.3 Å². The Labute approximate surface area is 114 Å². The Kier molecular flexibility index (Phi) is 4.29. The lowest BCUT2D eigenvalue weighted by atomic mass is 10.1. The summed E-state index contributed by atoms with van der Waals surface area (Å²) in [5.41, 5.74) is 10.1. The van der Waals surface area contributed by atoms with E-state index in [1.165, 1.54) is 11.1 Å². The molecule has 3 N–H and O–H groups in total. The average molecular weight is 256 g/mol. The van der Waals surface area contributed by atoms with Crippen LogP contribution in [-0.4, -0.2) is 13.7 Å². The highest BCUT2D eigenvalue weighted by Crippen LogP contribution is 2.21. The first-order valence-electron chi connectivity index (χ1n) is 6.42. The SMILES string of the molecule is COc1ccc(C)cc1CCNc1ccccc1N. The van der Waals surface area contributed by atoms with Crippen molar-refractivity contribution >= 4 is 11.4 Å². The molecular formula is C16H20N2O. The maximum atomic E-state index is 5.89. The van der Waals surface area contributed by atoms with Crippen molar-refractivity contribution in [2.24, 2.45) is 0 Å². The summed E-state index contributed by atoms with van der Waals surface area (Å²) >= 11 is 0. The van der Waals surface area contributed by atoms with E-state index in [4.69, 9.17) is 10.5 Å². The number of methoxy groups -OCH3 is 1. The van der Waals surface area contributed by atoms with Gasteiger partial charge in [-0.15, -0.1) is 0 Å². The molecule has 2 aromatic rings. The van der Waals surface area contributed by atoms with E-state index in [-0.39, 0.29) is 0 Å². The van der Waals surface area contributed by atoms with Crippen LogP contribution in [0, 0.1) is 6.92 Å². The summed E-state index contributed by atoms with van der Waals surface area (Å²) in [5, 5.41) is 3.35. The molecule has 0 atom stereocenters. The number of nitrogen functional groups attached to an aromatic ring is 1. The molecule has 0 radical (unpaired) electrons. The van der Waals surface area contributed by atoms with Gasteiger partial charge >= 0.3 is 0 Å². The van der Waals surface area contributed by atoms with Crippen molar-refractivity contribution < 1.29 is 4.74 Å². The van der Waals surface area contributed by atoms with E-state index in [0.29, 0.717) is 0 Å². The average Bonchev–Trinajstić information content (AvgIpc) is 2.41. The fourth-order valence-electron chi connectivity index (χ4n) is 2.09. The standard InChI is InChI=1S/C16H20N2O/c1-12-7-8-16(19-2)13(11-12)9-10-18-15-6-4-3-5-14(15)17/h3-8,11,18H,9-10,17H2,1-2H3. The number of aryl methyl sites for hydroxylation is 1. The largest absolute Gasteiger partial charge is 0.496 e. The van der Waals surface area contributed by atoms with Gasteiger partial charge < -0.3 is 15.8 Å². The van der Waals surface area contributed by atoms with Gasteiger partial charge in [-0.1, -0.05) is 29.8 Å². The van der Waals surface area contributed by atoms with E-state index in [2.05, 4.69) is 24.4 Å². The summed E-state index contributed by atoms with van der Waals surface area (Å²) in [4.78, 5) is 0. The van der Waals surface area contributed by atoms with Crippen LogP contribution in [0.2, 0.25) is 0 Å². The Morgan fingerprint density at radius 2 is 1.95 bits per heavy atom. The smallest absolute Gasteiger partial charge is 0.122 e. The van der Waals surface area contributed by atoms with Crippen molar-refractivity contribution in [2.75, 3.05) is 24.7 Å². The molecule has 2 rings (SSSR count). The predicted octanol–water partition coefficient (Wildman–Crippen LogP) is 3.24. The molecule has 0 aliphatic heterocycles. The topological polar surface area (TPSA) is 47.3 Å². The monoisotopic (exact) mass is 256 g/mol. The quantitative estimate of drug-likeness (QED) is 0.807. The molecule has 0 bridgehead atoms. The summed E-state index contributed by atoms with van der Waals surface area (Å²) in [6.07, 6.45) is 0.902.